The van der Waals surface area contributed by atoms with Crippen LogP contribution in [0.5, 0.6) is 11.9 Å². The molecule has 0 bridgehead atoms. The van der Waals surface area contributed by atoms with Crippen molar-refractivity contribution in [2.75, 3.05) is 20.2 Å². The van der Waals surface area contributed by atoms with Crippen LogP contribution < -0.4 is 14.8 Å². The Morgan fingerprint density at radius 1 is 1.50 bits per heavy atom. The van der Waals surface area contributed by atoms with Crippen molar-refractivity contribution in [1.29, 1.82) is 0 Å². The van der Waals surface area contributed by atoms with Crippen LogP contribution in [0.4, 0.5) is 0 Å². The SMILES string of the molecule is COc1ccnc(OC2CNCCC2C)n1. The van der Waals surface area contributed by atoms with E-state index in [4.69, 9.17) is 9.47 Å². The van der Waals surface area contributed by atoms with Gasteiger partial charge in [-0.15, -0.1) is 0 Å². The van der Waals surface area contributed by atoms with E-state index in [0.29, 0.717) is 17.8 Å². The van der Waals surface area contributed by atoms with Gasteiger partial charge in [-0.1, -0.05) is 6.92 Å². The van der Waals surface area contributed by atoms with Gasteiger partial charge in [-0.3, -0.25) is 0 Å². The first-order valence-corrected chi connectivity index (χ1v) is 5.54. The second kappa shape index (κ2) is 5.12. The molecule has 2 atom stereocenters. The molecule has 2 rings (SSSR count). The number of rotatable bonds is 3. The highest BCUT2D eigenvalue weighted by Crippen LogP contribution is 2.17. The van der Waals surface area contributed by atoms with E-state index in [0.717, 1.165) is 19.5 Å². The second-order valence-electron chi connectivity index (χ2n) is 4.01. The van der Waals surface area contributed by atoms with Gasteiger partial charge in [0.2, 0.25) is 5.88 Å². The lowest BCUT2D eigenvalue weighted by atomic mass is 9.97. The molecule has 2 unspecified atom stereocenters. The van der Waals surface area contributed by atoms with Crippen molar-refractivity contribution in [3.05, 3.63) is 12.3 Å². The van der Waals surface area contributed by atoms with Gasteiger partial charge in [0, 0.05) is 18.8 Å². The average Bonchev–Trinajstić information content (AvgIpc) is 2.32. The third kappa shape index (κ3) is 2.61. The minimum absolute atomic E-state index is 0.140. The van der Waals surface area contributed by atoms with Gasteiger partial charge in [0.05, 0.1) is 7.11 Å². The smallest absolute Gasteiger partial charge is 0.320 e. The number of piperidine rings is 1. The molecule has 16 heavy (non-hydrogen) atoms. The molecule has 2 heterocycles. The summed E-state index contributed by atoms with van der Waals surface area (Å²) in [7, 11) is 1.58. The van der Waals surface area contributed by atoms with Crippen LogP contribution in [-0.4, -0.2) is 36.3 Å². The number of aromatic nitrogens is 2. The summed E-state index contributed by atoms with van der Waals surface area (Å²) in [4.78, 5) is 8.21. The molecule has 1 aliphatic rings. The molecular formula is C11H17N3O2. The molecule has 5 heteroatoms. The van der Waals surface area contributed by atoms with Crippen LogP contribution in [0.2, 0.25) is 0 Å². The zero-order chi connectivity index (χ0) is 11.4. The molecule has 0 aromatic carbocycles. The summed E-state index contributed by atoms with van der Waals surface area (Å²) >= 11 is 0. The predicted molar refractivity (Wildman–Crippen MR) is 59.7 cm³/mol. The highest BCUT2D eigenvalue weighted by atomic mass is 16.5. The first-order valence-electron chi connectivity index (χ1n) is 5.54. The maximum absolute atomic E-state index is 5.75. The van der Waals surface area contributed by atoms with Crippen molar-refractivity contribution in [3.8, 4) is 11.9 Å². The third-order valence-electron chi connectivity index (χ3n) is 2.83. The Morgan fingerprint density at radius 3 is 3.12 bits per heavy atom. The minimum atomic E-state index is 0.140. The molecule has 0 aliphatic carbocycles. The Bertz CT molecular complexity index is 346. The summed E-state index contributed by atoms with van der Waals surface area (Å²) in [6, 6.07) is 2.09. The highest BCUT2D eigenvalue weighted by Gasteiger charge is 2.23. The average molecular weight is 223 g/mol. The molecule has 1 aromatic heterocycles. The summed E-state index contributed by atoms with van der Waals surface area (Å²) < 4.78 is 10.8. The largest absolute Gasteiger partial charge is 0.481 e. The molecule has 1 aliphatic heterocycles. The van der Waals surface area contributed by atoms with Gasteiger partial charge in [-0.25, -0.2) is 4.98 Å². The van der Waals surface area contributed by atoms with Crippen LogP contribution in [0.3, 0.4) is 0 Å². The van der Waals surface area contributed by atoms with Crippen LogP contribution in [0.25, 0.3) is 0 Å². The van der Waals surface area contributed by atoms with Gasteiger partial charge < -0.3 is 14.8 Å². The van der Waals surface area contributed by atoms with E-state index in [2.05, 4.69) is 22.2 Å². The molecule has 1 aromatic rings. The lowest BCUT2D eigenvalue weighted by Gasteiger charge is -2.28. The zero-order valence-electron chi connectivity index (χ0n) is 9.64. The van der Waals surface area contributed by atoms with Crippen molar-refractivity contribution in [1.82, 2.24) is 15.3 Å². The van der Waals surface area contributed by atoms with Crippen LogP contribution in [0.1, 0.15) is 13.3 Å². The van der Waals surface area contributed by atoms with Crippen molar-refractivity contribution < 1.29 is 9.47 Å². The quantitative estimate of drug-likeness (QED) is 0.823. The number of methoxy groups -OCH3 is 1. The first-order chi connectivity index (χ1) is 7.79. The molecule has 0 spiro atoms. The van der Waals surface area contributed by atoms with Crippen LogP contribution in [-0.2, 0) is 0 Å². The van der Waals surface area contributed by atoms with E-state index in [1.165, 1.54) is 0 Å². The summed E-state index contributed by atoms with van der Waals surface area (Å²) in [5.41, 5.74) is 0. The fraction of sp³-hybridized carbons (Fsp3) is 0.636. The second-order valence-corrected chi connectivity index (χ2v) is 4.01. The number of hydrogen-bond donors (Lipinski definition) is 1. The highest BCUT2D eigenvalue weighted by molar-refractivity contribution is 5.11. The van der Waals surface area contributed by atoms with Gasteiger partial charge in [0.15, 0.2) is 0 Å². The molecular weight excluding hydrogens is 206 g/mol. The van der Waals surface area contributed by atoms with E-state index in [-0.39, 0.29) is 6.10 Å². The predicted octanol–water partition coefficient (Wildman–Crippen LogP) is 0.862. The molecule has 88 valence electrons. The fourth-order valence-corrected chi connectivity index (χ4v) is 1.75. The number of nitrogens with zero attached hydrogens (tertiary/aromatic N) is 2. The van der Waals surface area contributed by atoms with E-state index >= 15 is 0 Å². The van der Waals surface area contributed by atoms with E-state index in [9.17, 15) is 0 Å². The van der Waals surface area contributed by atoms with Crippen LogP contribution >= 0.6 is 0 Å². The van der Waals surface area contributed by atoms with Crippen molar-refractivity contribution >= 4 is 0 Å². The Labute approximate surface area is 95.2 Å². The van der Waals surface area contributed by atoms with Gasteiger partial charge in [-0.2, -0.15) is 4.98 Å². The van der Waals surface area contributed by atoms with Gasteiger partial charge in [-0.05, 0) is 18.9 Å². The van der Waals surface area contributed by atoms with E-state index in [1.807, 2.05) is 0 Å². The summed E-state index contributed by atoms with van der Waals surface area (Å²) in [6.45, 7) is 4.09. The van der Waals surface area contributed by atoms with Crippen molar-refractivity contribution in [3.63, 3.8) is 0 Å². The van der Waals surface area contributed by atoms with Crippen molar-refractivity contribution in [2.45, 2.75) is 19.4 Å². The van der Waals surface area contributed by atoms with Crippen molar-refractivity contribution in [2.24, 2.45) is 5.92 Å². The van der Waals surface area contributed by atoms with Gasteiger partial charge >= 0.3 is 6.01 Å². The summed E-state index contributed by atoms with van der Waals surface area (Å²) in [5, 5.41) is 3.30. The molecule has 5 nitrogen and oxygen atoms in total. The lowest BCUT2D eigenvalue weighted by molar-refractivity contribution is 0.103. The Hall–Kier alpha value is -1.36. The Kier molecular flexibility index (Phi) is 3.56. The Morgan fingerprint density at radius 2 is 2.38 bits per heavy atom. The molecule has 0 amide bonds. The maximum atomic E-state index is 5.75. The fourth-order valence-electron chi connectivity index (χ4n) is 1.75. The molecule has 0 saturated carbocycles. The first kappa shape index (κ1) is 11.1. The third-order valence-corrected chi connectivity index (χ3v) is 2.83. The number of nitrogens with one attached hydrogen (secondary N) is 1. The van der Waals surface area contributed by atoms with Crippen LogP contribution in [0.15, 0.2) is 12.3 Å². The number of hydrogen-bond acceptors (Lipinski definition) is 5. The van der Waals surface area contributed by atoms with E-state index in [1.54, 1.807) is 19.4 Å². The van der Waals surface area contributed by atoms with E-state index < -0.39 is 0 Å². The number of ether oxygens (including phenoxy) is 2. The topological polar surface area (TPSA) is 56.3 Å². The standard InChI is InChI=1S/C11H17N3O2/c1-8-3-5-12-7-9(8)16-11-13-6-4-10(14-11)15-2/h4,6,8-9,12H,3,5,7H2,1-2H3. The molecule has 0 radical (unpaired) electrons. The van der Waals surface area contributed by atoms with Gasteiger partial charge in [0.1, 0.15) is 6.10 Å². The van der Waals surface area contributed by atoms with Crippen LogP contribution in [0, 0.1) is 5.92 Å². The maximum Gasteiger partial charge on any atom is 0.320 e. The Balaban J connectivity index is 2.01. The molecule has 1 fully saturated rings. The summed E-state index contributed by atoms with van der Waals surface area (Å²) in [5.74, 6) is 1.05. The minimum Gasteiger partial charge on any atom is -0.481 e. The molecule has 1 N–H and O–H groups in total. The monoisotopic (exact) mass is 223 g/mol. The molecule has 1 saturated heterocycles. The zero-order valence-corrected chi connectivity index (χ0v) is 9.64. The normalized spacial score (nSPS) is 25.1. The van der Waals surface area contributed by atoms with Gasteiger partial charge in [0.25, 0.3) is 0 Å². The lowest BCUT2D eigenvalue weighted by Crippen LogP contribution is -2.43. The summed E-state index contributed by atoms with van der Waals surface area (Å²) in [6.07, 6.45) is 2.90.